The topological polar surface area (TPSA) is 64.8 Å². The second-order valence-electron chi connectivity index (χ2n) is 5.73. The van der Waals surface area contributed by atoms with Crippen molar-refractivity contribution in [3.63, 3.8) is 0 Å². The Kier molecular flexibility index (Phi) is 5.40. The maximum atomic E-state index is 10.9. The van der Waals surface area contributed by atoms with Crippen LogP contribution in [0.2, 0.25) is 0 Å². The van der Waals surface area contributed by atoms with Crippen LogP contribution < -0.4 is 4.84 Å². The van der Waals surface area contributed by atoms with Gasteiger partial charge in [-0.1, -0.05) is 30.3 Å². The lowest BCUT2D eigenvalue weighted by Crippen LogP contribution is -2.43. The average molecular weight is 328 g/mol. The maximum absolute atomic E-state index is 10.9. The van der Waals surface area contributed by atoms with Crippen molar-refractivity contribution < 1.29 is 14.5 Å². The fraction of sp³-hybridized carbons (Fsp3) is 0.333. The van der Waals surface area contributed by atoms with Crippen LogP contribution in [-0.2, 0) is 11.3 Å². The van der Waals surface area contributed by atoms with Crippen LogP contribution in [0.15, 0.2) is 54.6 Å². The van der Waals surface area contributed by atoms with Crippen molar-refractivity contribution in [2.75, 3.05) is 6.54 Å². The summed E-state index contributed by atoms with van der Waals surface area (Å²) < 4.78 is 5.97. The molecule has 0 radical (unpaired) electrons. The molecular formula is C18H20N2O4. The van der Waals surface area contributed by atoms with Crippen LogP contribution in [0.3, 0.4) is 0 Å². The predicted molar refractivity (Wildman–Crippen MR) is 89.3 cm³/mol. The van der Waals surface area contributed by atoms with Crippen LogP contribution in [0.25, 0.3) is 0 Å². The van der Waals surface area contributed by atoms with Crippen LogP contribution in [-0.4, -0.2) is 22.8 Å². The minimum absolute atomic E-state index is 0.0807. The summed E-state index contributed by atoms with van der Waals surface area (Å²) in [6.45, 7) is 1.12. The van der Waals surface area contributed by atoms with Gasteiger partial charge in [0.15, 0.2) is 0 Å². The van der Waals surface area contributed by atoms with Crippen LogP contribution in [0.4, 0.5) is 5.69 Å². The van der Waals surface area contributed by atoms with Gasteiger partial charge in [-0.25, -0.2) is 0 Å². The van der Waals surface area contributed by atoms with Crippen molar-refractivity contribution in [3.8, 4) is 5.75 Å². The molecule has 2 aromatic carbocycles. The van der Waals surface area contributed by atoms with Crippen molar-refractivity contribution in [1.29, 1.82) is 0 Å². The fourth-order valence-corrected chi connectivity index (χ4v) is 2.71. The molecule has 0 bridgehead atoms. The number of piperidine rings is 1. The molecule has 1 saturated heterocycles. The van der Waals surface area contributed by atoms with Gasteiger partial charge in [0.1, 0.15) is 12.0 Å². The van der Waals surface area contributed by atoms with Gasteiger partial charge >= 0.3 is 0 Å². The molecule has 6 heteroatoms. The van der Waals surface area contributed by atoms with Crippen molar-refractivity contribution in [3.05, 3.63) is 70.3 Å². The molecule has 2 aromatic rings. The number of non-ortho nitro benzene ring substituents is 1. The molecule has 0 amide bonds. The first-order valence-corrected chi connectivity index (χ1v) is 8.07. The molecule has 126 valence electrons. The summed E-state index contributed by atoms with van der Waals surface area (Å²) in [6.07, 6.45) is 2.86. The highest BCUT2D eigenvalue weighted by Crippen LogP contribution is 2.23. The highest BCUT2D eigenvalue weighted by molar-refractivity contribution is 5.33. The summed E-state index contributed by atoms with van der Waals surface area (Å²) >= 11 is 0. The Balaban J connectivity index is 1.61. The van der Waals surface area contributed by atoms with Gasteiger partial charge in [-0.2, -0.15) is 0 Å². The second-order valence-corrected chi connectivity index (χ2v) is 5.73. The van der Waals surface area contributed by atoms with Crippen LogP contribution >= 0.6 is 0 Å². The van der Waals surface area contributed by atoms with Gasteiger partial charge in [0.2, 0.25) is 0 Å². The van der Waals surface area contributed by atoms with Gasteiger partial charge in [-0.3, -0.25) is 10.1 Å². The zero-order valence-corrected chi connectivity index (χ0v) is 13.3. The molecule has 24 heavy (non-hydrogen) atoms. The van der Waals surface area contributed by atoms with Crippen LogP contribution in [0, 0.1) is 10.1 Å². The normalized spacial score (nSPS) is 18.2. The monoisotopic (exact) mass is 328 g/mol. The van der Waals surface area contributed by atoms with E-state index in [9.17, 15) is 10.1 Å². The number of hydroxylamine groups is 2. The number of para-hydroxylation sites is 1. The molecular weight excluding hydrogens is 308 g/mol. The summed E-state index contributed by atoms with van der Waals surface area (Å²) in [7, 11) is 0. The standard InChI is InChI=1S/C18H20N2O4/c21-20(22)16-8-6-7-15(13-16)14-23-18-11-4-5-12-19(18)24-17-9-2-1-3-10-17/h1-3,6-10,13,18H,4-5,11-12,14H2. The molecule has 3 rings (SSSR count). The predicted octanol–water partition coefficient (Wildman–Crippen LogP) is 3.92. The molecule has 1 atom stereocenters. The fourth-order valence-electron chi connectivity index (χ4n) is 2.71. The Labute approximate surface area is 140 Å². The van der Waals surface area contributed by atoms with E-state index in [0.29, 0.717) is 6.61 Å². The molecule has 0 aromatic heterocycles. The summed E-state index contributed by atoms with van der Waals surface area (Å²) in [5, 5.41) is 12.7. The van der Waals surface area contributed by atoms with Crippen molar-refractivity contribution in [2.24, 2.45) is 0 Å². The number of ether oxygens (including phenoxy) is 1. The molecule has 0 saturated carbocycles. The van der Waals surface area contributed by atoms with Crippen molar-refractivity contribution in [2.45, 2.75) is 32.1 Å². The van der Waals surface area contributed by atoms with E-state index in [-0.39, 0.29) is 11.9 Å². The van der Waals surface area contributed by atoms with Crippen molar-refractivity contribution in [1.82, 2.24) is 5.06 Å². The first kappa shape index (κ1) is 16.4. The third-order valence-electron chi connectivity index (χ3n) is 3.93. The zero-order chi connectivity index (χ0) is 16.8. The molecule has 0 N–H and O–H groups in total. The SMILES string of the molecule is O=[N+]([O-])c1cccc(COC2CCCCN2Oc2ccccc2)c1. The molecule has 0 aliphatic carbocycles. The van der Waals surface area contributed by atoms with E-state index in [1.54, 1.807) is 12.1 Å². The first-order chi connectivity index (χ1) is 11.7. The Morgan fingerprint density at radius 2 is 1.96 bits per heavy atom. The number of rotatable bonds is 6. The van der Waals surface area contributed by atoms with Gasteiger partial charge in [0.25, 0.3) is 5.69 Å². The number of hydrogen-bond acceptors (Lipinski definition) is 5. The molecule has 1 heterocycles. The summed E-state index contributed by atoms with van der Waals surface area (Å²) in [5.41, 5.74) is 0.867. The lowest BCUT2D eigenvalue weighted by atomic mass is 10.1. The Bertz CT molecular complexity index is 678. The quantitative estimate of drug-likeness (QED) is 0.594. The molecule has 1 fully saturated rings. The van der Waals surface area contributed by atoms with Gasteiger partial charge < -0.3 is 9.57 Å². The van der Waals surface area contributed by atoms with Crippen molar-refractivity contribution >= 4 is 5.69 Å². The summed E-state index contributed by atoms with van der Waals surface area (Å²) in [6, 6.07) is 16.2. The van der Waals surface area contributed by atoms with Crippen LogP contribution in [0.5, 0.6) is 5.75 Å². The van der Waals surface area contributed by atoms with Crippen LogP contribution in [0.1, 0.15) is 24.8 Å². The van der Waals surface area contributed by atoms with Gasteiger partial charge in [0, 0.05) is 18.7 Å². The number of nitrogens with zero attached hydrogens (tertiary/aromatic N) is 2. The molecule has 0 spiro atoms. The zero-order valence-electron chi connectivity index (χ0n) is 13.3. The number of nitro groups is 1. The third kappa shape index (κ3) is 4.31. The Morgan fingerprint density at radius 1 is 1.12 bits per heavy atom. The van der Waals surface area contributed by atoms with Gasteiger partial charge in [-0.15, -0.1) is 5.06 Å². The minimum atomic E-state index is -0.394. The van der Waals surface area contributed by atoms with Gasteiger partial charge in [-0.05, 0) is 37.0 Å². The third-order valence-corrected chi connectivity index (χ3v) is 3.93. The van der Waals surface area contributed by atoms with E-state index in [1.807, 2.05) is 41.5 Å². The van der Waals surface area contributed by atoms with E-state index < -0.39 is 4.92 Å². The smallest absolute Gasteiger partial charge is 0.269 e. The maximum Gasteiger partial charge on any atom is 0.269 e. The Morgan fingerprint density at radius 3 is 2.75 bits per heavy atom. The highest BCUT2D eigenvalue weighted by atomic mass is 16.7. The van der Waals surface area contributed by atoms with E-state index in [1.165, 1.54) is 6.07 Å². The second kappa shape index (κ2) is 7.90. The summed E-state index contributed by atoms with van der Waals surface area (Å²) in [4.78, 5) is 16.4. The minimum Gasteiger partial charge on any atom is -0.403 e. The molecule has 6 nitrogen and oxygen atoms in total. The largest absolute Gasteiger partial charge is 0.403 e. The molecule has 1 aliphatic rings. The lowest BCUT2D eigenvalue weighted by molar-refractivity contribution is -0.385. The highest BCUT2D eigenvalue weighted by Gasteiger charge is 2.25. The first-order valence-electron chi connectivity index (χ1n) is 8.07. The number of hydrogen-bond donors (Lipinski definition) is 0. The van der Waals surface area contributed by atoms with E-state index in [0.717, 1.165) is 37.1 Å². The van der Waals surface area contributed by atoms with E-state index >= 15 is 0 Å². The van der Waals surface area contributed by atoms with E-state index in [2.05, 4.69) is 0 Å². The van der Waals surface area contributed by atoms with E-state index in [4.69, 9.17) is 9.57 Å². The van der Waals surface area contributed by atoms with Gasteiger partial charge in [0.05, 0.1) is 11.5 Å². The number of nitro benzene ring substituents is 1. The average Bonchev–Trinajstić information content (AvgIpc) is 2.62. The summed E-state index contributed by atoms with van der Waals surface area (Å²) in [5.74, 6) is 0.781. The Hall–Kier alpha value is -2.44. The molecule has 1 aliphatic heterocycles. The number of benzene rings is 2. The molecule has 1 unspecified atom stereocenters. The lowest BCUT2D eigenvalue weighted by Gasteiger charge is -2.34.